The minimum atomic E-state index is -0.553. The fourth-order valence-corrected chi connectivity index (χ4v) is 3.34. The predicted molar refractivity (Wildman–Crippen MR) is 111 cm³/mol. The number of anilines is 1. The van der Waals surface area contributed by atoms with Crippen molar-refractivity contribution < 1.29 is 23.9 Å². The summed E-state index contributed by atoms with van der Waals surface area (Å²) in [5.41, 5.74) is 1.45. The van der Waals surface area contributed by atoms with E-state index in [-0.39, 0.29) is 43.2 Å². The Balaban J connectivity index is 1.65. The number of benzene rings is 1. The van der Waals surface area contributed by atoms with Crippen LogP contribution in [0.1, 0.15) is 45.8 Å². The minimum Gasteiger partial charge on any atom is -0.453 e. The molecule has 0 atom stereocenters. The number of hydrogen-bond acceptors (Lipinski definition) is 6. The molecule has 2 N–H and O–H groups in total. The van der Waals surface area contributed by atoms with E-state index in [0.717, 1.165) is 10.4 Å². The van der Waals surface area contributed by atoms with E-state index in [1.54, 1.807) is 30.3 Å². The van der Waals surface area contributed by atoms with Gasteiger partial charge in [-0.25, -0.2) is 4.79 Å². The zero-order valence-corrected chi connectivity index (χ0v) is 17.3. The van der Waals surface area contributed by atoms with Gasteiger partial charge in [-0.15, -0.1) is 11.3 Å². The Kier molecular flexibility index (Phi) is 8.54. The van der Waals surface area contributed by atoms with Gasteiger partial charge in [0.25, 0.3) is 0 Å². The molecule has 0 fully saturated rings. The Hall–Kier alpha value is -3.00. The third kappa shape index (κ3) is 7.87. The number of thiophene rings is 1. The van der Waals surface area contributed by atoms with Crippen molar-refractivity contribution in [1.29, 1.82) is 0 Å². The van der Waals surface area contributed by atoms with Gasteiger partial charge in [0.05, 0.1) is 12.0 Å². The van der Waals surface area contributed by atoms with E-state index < -0.39 is 6.09 Å². The Labute approximate surface area is 173 Å². The molecule has 0 aliphatic heterocycles. The second kappa shape index (κ2) is 11.1. The number of rotatable bonds is 10. The summed E-state index contributed by atoms with van der Waals surface area (Å²) in [7, 11) is 1.28. The van der Waals surface area contributed by atoms with E-state index in [4.69, 9.17) is 0 Å². The van der Waals surface area contributed by atoms with Crippen LogP contribution in [-0.2, 0) is 20.9 Å². The van der Waals surface area contributed by atoms with Crippen molar-refractivity contribution in [3.05, 3.63) is 51.7 Å². The van der Waals surface area contributed by atoms with Crippen molar-refractivity contribution in [2.75, 3.05) is 12.4 Å². The maximum absolute atomic E-state index is 12.0. The summed E-state index contributed by atoms with van der Waals surface area (Å²) < 4.78 is 4.51. The molecule has 1 heterocycles. The number of amides is 2. The molecule has 0 aliphatic rings. The Morgan fingerprint density at radius 2 is 1.62 bits per heavy atom. The summed E-state index contributed by atoms with van der Waals surface area (Å²) in [6.45, 7) is 2.25. The first-order valence-corrected chi connectivity index (χ1v) is 10.0. The molecular formula is C21H24N2O5S. The van der Waals surface area contributed by atoms with Crippen LogP contribution >= 0.6 is 11.3 Å². The lowest BCUT2D eigenvalue weighted by molar-refractivity contribution is -0.125. The highest BCUT2D eigenvalue weighted by atomic mass is 32.1. The topological polar surface area (TPSA) is 102 Å². The first-order chi connectivity index (χ1) is 13.9. The van der Waals surface area contributed by atoms with Crippen molar-refractivity contribution in [1.82, 2.24) is 5.32 Å². The maximum Gasteiger partial charge on any atom is 0.411 e. The predicted octanol–water partition coefficient (Wildman–Crippen LogP) is 3.86. The minimum absolute atomic E-state index is 0.0361. The summed E-state index contributed by atoms with van der Waals surface area (Å²) in [6.07, 6.45) is -0.0233. The van der Waals surface area contributed by atoms with Gasteiger partial charge in [0.1, 0.15) is 5.78 Å². The fourth-order valence-electron chi connectivity index (χ4n) is 2.50. The summed E-state index contributed by atoms with van der Waals surface area (Å²) in [6, 6.07) is 10.6. The Morgan fingerprint density at radius 1 is 0.931 bits per heavy atom. The van der Waals surface area contributed by atoms with Crippen molar-refractivity contribution >= 4 is 40.6 Å². The smallest absolute Gasteiger partial charge is 0.411 e. The molecule has 2 aromatic rings. The molecule has 0 saturated carbocycles. The second-order valence-electron chi connectivity index (χ2n) is 6.46. The van der Waals surface area contributed by atoms with Crippen LogP contribution in [0, 0.1) is 6.92 Å². The van der Waals surface area contributed by atoms with E-state index in [0.29, 0.717) is 17.1 Å². The molecule has 7 nitrogen and oxygen atoms in total. The molecule has 1 aromatic carbocycles. The van der Waals surface area contributed by atoms with Crippen molar-refractivity contribution in [2.45, 2.75) is 39.2 Å². The van der Waals surface area contributed by atoms with Crippen LogP contribution < -0.4 is 10.6 Å². The van der Waals surface area contributed by atoms with Crippen LogP contribution in [0.4, 0.5) is 10.5 Å². The molecular weight excluding hydrogens is 392 g/mol. The number of ether oxygens (including phenoxy) is 1. The van der Waals surface area contributed by atoms with E-state index in [9.17, 15) is 19.2 Å². The van der Waals surface area contributed by atoms with E-state index in [1.807, 2.05) is 13.0 Å². The molecule has 0 radical (unpaired) electrons. The third-order valence-corrected chi connectivity index (χ3v) is 5.19. The number of ketones is 2. The van der Waals surface area contributed by atoms with Gasteiger partial charge in [-0.1, -0.05) is 12.1 Å². The third-order valence-electron chi connectivity index (χ3n) is 4.15. The summed E-state index contributed by atoms with van der Waals surface area (Å²) in [5.74, 6) is -0.360. The highest BCUT2D eigenvalue weighted by Crippen LogP contribution is 2.18. The van der Waals surface area contributed by atoms with Gasteiger partial charge >= 0.3 is 6.09 Å². The first kappa shape index (κ1) is 22.3. The van der Waals surface area contributed by atoms with Crippen LogP contribution in [0.15, 0.2) is 36.4 Å². The lowest BCUT2D eigenvalue weighted by Gasteiger charge is -2.07. The van der Waals surface area contributed by atoms with Crippen molar-refractivity contribution in [3.63, 3.8) is 0 Å². The standard InChI is InChI=1S/C21H24N2O5S/c1-14-3-11-19(29-14)18(25)10-8-17(24)9-12-20(26)22-13-15-4-6-16(7-5-15)23-21(27)28-2/h3-7,11H,8-10,12-13H2,1-2H3,(H,22,26)(H,23,27). The van der Waals surface area contributed by atoms with Gasteiger partial charge in [-0.05, 0) is 36.8 Å². The average Bonchev–Trinajstić information content (AvgIpc) is 3.16. The number of hydrogen-bond donors (Lipinski definition) is 2. The maximum atomic E-state index is 12.0. The number of carbonyl (C=O) groups is 4. The molecule has 8 heteroatoms. The molecule has 154 valence electrons. The lowest BCUT2D eigenvalue weighted by Crippen LogP contribution is -2.23. The molecule has 2 amide bonds. The SMILES string of the molecule is COC(=O)Nc1ccc(CNC(=O)CCC(=O)CCC(=O)c2ccc(C)s2)cc1. The van der Waals surface area contributed by atoms with E-state index in [2.05, 4.69) is 15.4 Å². The summed E-state index contributed by atoms with van der Waals surface area (Å²) in [5, 5.41) is 5.29. The van der Waals surface area contributed by atoms with Gasteiger partial charge in [0.2, 0.25) is 5.91 Å². The summed E-state index contributed by atoms with van der Waals surface area (Å²) in [4.78, 5) is 48.7. The monoisotopic (exact) mass is 416 g/mol. The van der Waals surface area contributed by atoms with Crippen LogP contribution in [0.3, 0.4) is 0 Å². The zero-order chi connectivity index (χ0) is 21.2. The number of Topliss-reactive ketones (excluding diaryl/α,β-unsaturated/α-hetero) is 2. The highest BCUT2D eigenvalue weighted by molar-refractivity contribution is 7.14. The van der Waals surface area contributed by atoms with Crippen LogP contribution in [0.5, 0.6) is 0 Å². The number of aryl methyl sites for hydroxylation is 1. The molecule has 0 aliphatic carbocycles. The molecule has 0 bridgehead atoms. The summed E-state index contributed by atoms with van der Waals surface area (Å²) >= 11 is 1.42. The quantitative estimate of drug-likeness (QED) is 0.573. The van der Waals surface area contributed by atoms with Crippen molar-refractivity contribution in [2.24, 2.45) is 0 Å². The first-order valence-electron chi connectivity index (χ1n) is 9.19. The number of carbonyl (C=O) groups excluding carboxylic acids is 4. The van der Waals surface area contributed by atoms with Gasteiger partial charge in [0.15, 0.2) is 5.78 Å². The number of methoxy groups -OCH3 is 1. The highest BCUT2D eigenvalue weighted by Gasteiger charge is 2.12. The Morgan fingerprint density at radius 3 is 2.24 bits per heavy atom. The number of nitrogens with one attached hydrogen (secondary N) is 2. The van der Waals surface area contributed by atoms with Gasteiger partial charge in [-0.2, -0.15) is 0 Å². The largest absolute Gasteiger partial charge is 0.453 e. The van der Waals surface area contributed by atoms with Crippen molar-refractivity contribution in [3.8, 4) is 0 Å². The average molecular weight is 416 g/mol. The van der Waals surface area contributed by atoms with E-state index in [1.165, 1.54) is 18.4 Å². The molecule has 0 spiro atoms. The molecule has 0 unspecified atom stereocenters. The Bertz CT molecular complexity index is 873. The molecule has 29 heavy (non-hydrogen) atoms. The normalized spacial score (nSPS) is 10.3. The molecule has 2 rings (SSSR count). The fraction of sp³-hybridized carbons (Fsp3) is 0.333. The molecule has 1 aromatic heterocycles. The lowest BCUT2D eigenvalue weighted by atomic mass is 10.1. The van der Waals surface area contributed by atoms with Crippen LogP contribution in [0.25, 0.3) is 0 Å². The van der Waals surface area contributed by atoms with Gasteiger partial charge in [-0.3, -0.25) is 19.7 Å². The van der Waals surface area contributed by atoms with Crippen LogP contribution in [0.2, 0.25) is 0 Å². The van der Waals surface area contributed by atoms with E-state index >= 15 is 0 Å². The molecule has 0 saturated heterocycles. The zero-order valence-electron chi connectivity index (χ0n) is 16.4. The van der Waals surface area contributed by atoms with Crippen LogP contribution in [-0.4, -0.2) is 30.7 Å². The van der Waals surface area contributed by atoms with Gasteiger partial charge in [0, 0.05) is 42.8 Å². The van der Waals surface area contributed by atoms with Gasteiger partial charge < -0.3 is 10.1 Å². The second-order valence-corrected chi connectivity index (χ2v) is 7.75.